The van der Waals surface area contributed by atoms with Crippen LogP contribution in [0.3, 0.4) is 0 Å². The molecule has 34 heavy (non-hydrogen) atoms. The molecular weight excluding hydrogens is 414 g/mol. The van der Waals surface area contributed by atoms with Gasteiger partial charge < -0.3 is 15.1 Å². The molecule has 1 fully saturated rings. The van der Waals surface area contributed by atoms with Crippen molar-refractivity contribution in [2.45, 2.75) is 58.7 Å². The second kappa shape index (κ2) is 9.97. The minimum absolute atomic E-state index is 0.220. The van der Waals surface area contributed by atoms with E-state index in [1.165, 1.54) is 71.7 Å². The lowest BCUT2D eigenvalue weighted by Gasteiger charge is -2.33. The molecule has 0 spiro atoms. The first-order valence-electron chi connectivity index (χ1n) is 12.9. The van der Waals surface area contributed by atoms with Crippen molar-refractivity contribution in [1.82, 2.24) is 0 Å². The van der Waals surface area contributed by atoms with Gasteiger partial charge in [0.1, 0.15) is 6.17 Å². The van der Waals surface area contributed by atoms with E-state index in [1.807, 2.05) is 0 Å². The van der Waals surface area contributed by atoms with Gasteiger partial charge >= 0.3 is 0 Å². The van der Waals surface area contributed by atoms with E-state index < -0.39 is 0 Å². The fourth-order valence-corrected chi connectivity index (χ4v) is 5.36. The van der Waals surface area contributed by atoms with Crippen molar-refractivity contribution in [1.29, 1.82) is 0 Å². The number of fused-ring (bicyclic) bond motifs is 1. The lowest BCUT2D eigenvalue weighted by atomic mass is 10.0. The Morgan fingerprint density at radius 1 is 0.912 bits per heavy atom. The number of rotatable bonds is 7. The molecule has 176 valence electrons. The van der Waals surface area contributed by atoms with Crippen molar-refractivity contribution in [3.63, 3.8) is 0 Å². The standard InChI is InChI=1S/C31H37N3/c1-4-24-12-14-25(15-13-24)20-31-32-28-21-26(23(2)3)16-17-30(28)34(31)22-27-10-6-7-11-29(27)33-18-8-5-9-19-33/h6-7,10-17,21,31-32H,2,4-5,8-9,18-20,22H2,1,3H3. The van der Waals surface area contributed by atoms with Crippen LogP contribution < -0.4 is 15.1 Å². The molecule has 0 aliphatic carbocycles. The predicted octanol–water partition coefficient (Wildman–Crippen LogP) is 7.27. The van der Waals surface area contributed by atoms with Gasteiger partial charge in [-0.05, 0) is 73.1 Å². The molecule has 0 amide bonds. The molecule has 2 aliphatic rings. The Labute approximate surface area is 205 Å². The second-order valence-corrected chi connectivity index (χ2v) is 9.85. The zero-order valence-corrected chi connectivity index (χ0v) is 20.7. The fraction of sp³-hybridized carbons (Fsp3) is 0.355. The molecule has 1 unspecified atom stereocenters. The summed E-state index contributed by atoms with van der Waals surface area (Å²) in [4.78, 5) is 5.15. The molecule has 0 saturated carbocycles. The third kappa shape index (κ3) is 4.70. The Hall–Kier alpha value is -3.20. The lowest BCUT2D eigenvalue weighted by molar-refractivity contribution is 0.575. The van der Waals surface area contributed by atoms with Gasteiger partial charge in [0.2, 0.25) is 0 Å². The minimum atomic E-state index is 0.220. The topological polar surface area (TPSA) is 18.5 Å². The monoisotopic (exact) mass is 451 g/mol. The SMILES string of the molecule is C=C(C)c1ccc2c(c1)NC(Cc1ccc(CC)cc1)N2Cc1ccccc1N1CCCCC1. The van der Waals surface area contributed by atoms with Crippen molar-refractivity contribution in [2.24, 2.45) is 0 Å². The Morgan fingerprint density at radius 3 is 2.38 bits per heavy atom. The summed E-state index contributed by atoms with van der Waals surface area (Å²) in [6.07, 6.45) is 6.21. The van der Waals surface area contributed by atoms with Crippen LogP contribution in [-0.2, 0) is 19.4 Å². The summed E-state index contributed by atoms with van der Waals surface area (Å²) in [5.41, 5.74) is 10.4. The van der Waals surface area contributed by atoms with E-state index in [1.54, 1.807) is 0 Å². The number of hydrogen-bond acceptors (Lipinski definition) is 3. The molecule has 5 rings (SSSR count). The number of piperidine rings is 1. The number of nitrogens with one attached hydrogen (secondary N) is 1. The van der Waals surface area contributed by atoms with Crippen LogP contribution in [0.2, 0.25) is 0 Å². The maximum Gasteiger partial charge on any atom is 0.104 e. The predicted molar refractivity (Wildman–Crippen MR) is 147 cm³/mol. The summed E-state index contributed by atoms with van der Waals surface area (Å²) in [6, 6.07) is 24.9. The van der Waals surface area contributed by atoms with Gasteiger partial charge in [-0.2, -0.15) is 0 Å². The third-order valence-electron chi connectivity index (χ3n) is 7.39. The maximum absolute atomic E-state index is 4.16. The van der Waals surface area contributed by atoms with E-state index in [4.69, 9.17) is 0 Å². The molecule has 0 radical (unpaired) electrons. The Bertz CT molecular complexity index is 1140. The van der Waals surface area contributed by atoms with E-state index in [2.05, 4.69) is 102 Å². The normalized spacial score (nSPS) is 17.4. The Morgan fingerprint density at radius 2 is 1.65 bits per heavy atom. The summed E-state index contributed by atoms with van der Waals surface area (Å²) >= 11 is 0. The van der Waals surface area contributed by atoms with Crippen molar-refractivity contribution < 1.29 is 0 Å². The highest BCUT2D eigenvalue weighted by Gasteiger charge is 2.30. The van der Waals surface area contributed by atoms with Crippen LogP contribution in [0, 0.1) is 0 Å². The molecule has 3 nitrogen and oxygen atoms in total. The molecular formula is C31H37N3. The van der Waals surface area contributed by atoms with Gasteiger partial charge in [0.05, 0.1) is 11.4 Å². The second-order valence-electron chi connectivity index (χ2n) is 9.85. The van der Waals surface area contributed by atoms with E-state index in [0.29, 0.717) is 0 Å². The van der Waals surface area contributed by atoms with Gasteiger partial charge in [-0.25, -0.2) is 0 Å². The summed E-state index contributed by atoms with van der Waals surface area (Å²) in [5, 5.41) is 3.85. The zero-order chi connectivity index (χ0) is 23.5. The molecule has 1 saturated heterocycles. The number of nitrogens with zero attached hydrogens (tertiary/aromatic N) is 2. The highest BCUT2D eigenvalue weighted by Crippen LogP contribution is 2.39. The third-order valence-corrected chi connectivity index (χ3v) is 7.39. The quantitative estimate of drug-likeness (QED) is 0.407. The summed E-state index contributed by atoms with van der Waals surface area (Å²) in [7, 11) is 0. The zero-order valence-electron chi connectivity index (χ0n) is 20.7. The van der Waals surface area contributed by atoms with E-state index in [9.17, 15) is 0 Å². The first-order valence-corrected chi connectivity index (χ1v) is 12.9. The first-order chi connectivity index (χ1) is 16.6. The van der Waals surface area contributed by atoms with Crippen molar-refractivity contribution in [3.05, 3.63) is 95.6 Å². The molecule has 0 aromatic heterocycles. The van der Waals surface area contributed by atoms with Gasteiger partial charge in [-0.1, -0.05) is 67.6 Å². The molecule has 2 heterocycles. The van der Waals surface area contributed by atoms with Crippen LogP contribution in [0.25, 0.3) is 5.57 Å². The Kier molecular flexibility index (Phi) is 6.62. The van der Waals surface area contributed by atoms with Crippen molar-refractivity contribution >= 4 is 22.6 Å². The van der Waals surface area contributed by atoms with Crippen LogP contribution in [-0.4, -0.2) is 19.3 Å². The van der Waals surface area contributed by atoms with E-state index >= 15 is 0 Å². The van der Waals surface area contributed by atoms with Gasteiger partial charge in [0, 0.05) is 31.7 Å². The number of para-hydroxylation sites is 1. The molecule has 1 N–H and O–H groups in total. The molecule has 2 aliphatic heterocycles. The fourth-order valence-electron chi connectivity index (χ4n) is 5.36. The number of hydrogen-bond donors (Lipinski definition) is 1. The van der Waals surface area contributed by atoms with Gasteiger partial charge in [0.25, 0.3) is 0 Å². The van der Waals surface area contributed by atoms with Gasteiger partial charge in [-0.3, -0.25) is 0 Å². The van der Waals surface area contributed by atoms with Crippen LogP contribution in [0.5, 0.6) is 0 Å². The van der Waals surface area contributed by atoms with E-state index in [-0.39, 0.29) is 6.17 Å². The van der Waals surface area contributed by atoms with Gasteiger partial charge in [0.15, 0.2) is 0 Å². The maximum atomic E-state index is 4.16. The molecule has 1 atom stereocenters. The lowest BCUT2D eigenvalue weighted by Crippen LogP contribution is -2.38. The summed E-state index contributed by atoms with van der Waals surface area (Å²) in [6.45, 7) is 11.7. The van der Waals surface area contributed by atoms with Crippen molar-refractivity contribution in [2.75, 3.05) is 28.2 Å². The largest absolute Gasteiger partial charge is 0.371 e. The summed E-state index contributed by atoms with van der Waals surface area (Å²) < 4.78 is 0. The molecule has 0 bridgehead atoms. The van der Waals surface area contributed by atoms with E-state index in [0.717, 1.165) is 25.0 Å². The molecule has 3 aromatic carbocycles. The van der Waals surface area contributed by atoms with Crippen LogP contribution in [0.1, 0.15) is 55.4 Å². The average molecular weight is 452 g/mol. The molecule has 3 heteroatoms. The number of aryl methyl sites for hydroxylation is 1. The van der Waals surface area contributed by atoms with Crippen LogP contribution >= 0.6 is 0 Å². The van der Waals surface area contributed by atoms with Crippen LogP contribution in [0.15, 0.2) is 73.3 Å². The number of benzene rings is 3. The van der Waals surface area contributed by atoms with Crippen molar-refractivity contribution in [3.8, 4) is 0 Å². The minimum Gasteiger partial charge on any atom is -0.371 e. The smallest absolute Gasteiger partial charge is 0.104 e. The highest BCUT2D eigenvalue weighted by molar-refractivity contribution is 5.80. The molecule has 3 aromatic rings. The highest BCUT2D eigenvalue weighted by atomic mass is 15.3. The number of anilines is 3. The summed E-state index contributed by atoms with van der Waals surface area (Å²) in [5.74, 6) is 0. The first kappa shape index (κ1) is 22.6. The Balaban J connectivity index is 1.46. The van der Waals surface area contributed by atoms with Crippen LogP contribution in [0.4, 0.5) is 17.1 Å². The van der Waals surface area contributed by atoms with Gasteiger partial charge in [-0.15, -0.1) is 0 Å². The number of allylic oxidation sites excluding steroid dienone is 1. The average Bonchev–Trinajstić information content (AvgIpc) is 3.21.